The number of halogens is 2. The second-order valence-electron chi connectivity index (χ2n) is 6.02. The lowest BCUT2D eigenvalue weighted by Crippen LogP contribution is -2.42. The summed E-state index contributed by atoms with van der Waals surface area (Å²) in [4.78, 5) is 25.9. The number of carbonyl (C=O) groups excluding carboxylic acids is 2. The molecule has 0 spiro atoms. The second-order valence-corrected chi connectivity index (χ2v) is 6.02. The number of benzene rings is 1. The molecular weight excluding hydrogens is 290 g/mol. The number of amides is 2. The van der Waals surface area contributed by atoms with Gasteiger partial charge in [-0.2, -0.15) is 0 Å². The summed E-state index contributed by atoms with van der Waals surface area (Å²) < 4.78 is 26.2. The predicted molar refractivity (Wildman–Crippen MR) is 77.0 cm³/mol. The van der Waals surface area contributed by atoms with Gasteiger partial charge in [0.1, 0.15) is 11.6 Å². The third kappa shape index (κ3) is 3.43. The van der Waals surface area contributed by atoms with Gasteiger partial charge in [-0.25, -0.2) is 8.78 Å². The normalized spacial score (nSPS) is 19.1. The molecule has 1 aliphatic carbocycles. The minimum atomic E-state index is -0.722. The molecule has 1 saturated carbocycles. The lowest BCUT2D eigenvalue weighted by atomic mass is 9.95. The summed E-state index contributed by atoms with van der Waals surface area (Å²) in [7, 11) is 0. The molecule has 2 amide bonds. The van der Waals surface area contributed by atoms with E-state index in [2.05, 4.69) is 5.32 Å². The Labute approximate surface area is 127 Å². The van der Waals surface area contributed by atoms with Crippen molar-refractivity contribution in [3.63, 3.8) is 0 Å². The Hall–Kier alpha value is -1.98. The zero-order valence-corrected chi connectivity index (χ0v) is 12.1. The van der Waals surface area contributed by atoms with Gasteiger partial charge in [0.25, 0.3) is 0 Å². The molecule has 2 aliphatic rings. The van der Waals surface area contributed by atoms with Crippen LogP contribution in [0.3, 0.4) is 0 Å². The quantitative estimate of drug-likeness (QED) is 0.933. The molecule has 1 aromatic carbocycles. The monoisotopic (exact) mass is 308 g/mol. The lowest BCUT2D eigenvalue weighted by Gasteiger charge is -2.31. The standard InChI is InChI=1S/C16H18F2N2O2/c17-12-7-13(18)9-14(8-12)19-15(21)10-3-5-20(6-4-10)16(22)11-1-2-11/h7-11H,1-6H2,(H,19,21). The fraction of sp³-hybridized carbons (Fsp3) is 0.500. The van der Waals surface area contributed by atoms with Gasteiger partial charge in [-0.05, 0) is 37.8 Å². The first-order valence-corrected chi connectivity index (χ1v) is 7.58. The topological polar surface area (TPSA) is 49.4 Å². The van der Waals surface area contributed by atoms with Crippen molar-refractivity contribution < 1.29 is 18.4 Å². The zero-order valence-electron chi connectivity index (χ0n) is 12.1. The van der Waals surface area contributed by atoms with E-state index >= 15 is 0 Å². The largest absolute Gasteiger partial charge is 0.342 e. The Morgan fingerprint density at radius 3 is 2.09 bits per heavy atom. The van der Waals surface area contributed by atoms with E-state index in [1.54, 1.807) is 0 Å². The summed E-state index contributed by atoms with van der Waals surface area (Å²) >= 11 is 0. The highest BCUT2D eigenvalue weighted by Crippen LogP contribution is 2.32. The van der Waals surface area contributed by atoms with Crippen molar-refractivity contribution in [1.29, 1.82) is 0 Å². The first-order valence-electron chi connectivity index (χ1n) is 7.58. The third-order valence-corrected chi connectivity index (χ3v) is 4.23. The zero-order chi connectivity index (χ0) is 15.7. The van der Waals surface area contributed by atoms with Crippen LogP contribution < -0.4 is 5.32 Å². The molecule has 1 saturated heterocycles. The molecule has 1 N–H and O–H groups in total. The van der Waals surface area contributed by atoms with Crippen LogP contribution in [0, 0.1) is 23.5 Å². The van der Waals surface area contributed by atoms with E-state index in [-0.39, 0.29) is 29.3 Å². The van der Waals surface area contributed by atoms with Crippen molar-refractivity contribution in [3.05, 3.63) is 29.8 Å². The number of hydrogen-bond donors (Lipinski definition) is 1. The molecule has 0 bridgehead atoms. The SMILES string of the molecule is O=C(Nc1cc(F)cc(F)c1)C1CCN(C(=O)C2CC2)CC1. The summed E-state index contributed by atoms with van der Waals surface area (Å²) in [6.07, 6.45) is 3.12. The highest BCUT2D eigenvalue weighted by Gasteiger charge is 2.35. The van der Waals surface area contributed by atoms with E-state index in [1.807, 2.05) is 4.90 Å². The van der Waals surface area contributed by atoms with Crippen LogP contribution in [-0.2, 0) is 9.59 Å². The third-order valence-electron chi connectivity index (χ3n) is 4.23. The van der Waals surface area contributed by atoms with E-state index < -0.39 is 11.6 Å². The van der Waals surface area contributed by atoms with Crippen LogP contribution in [0.2, 0.25) is 0 Å². The fourth-order valence-electron chi connectivity index (χ4n) is 2.82. The summed E-state index contributed by atoms with van der Waals surface area (Å²) in [6, 6.07) is 2.94. The van der Waals surface area contributed by atoms with Crippen molar-refractivity contribution >= 4 is 17.5 Å². The Balaban J connectivity index is 1.54. The summed E-state index contributed by atoms with van der Waals surface area (Å²) in [5.74, 6) is -1.52. The number of nitrogens with one attached hydrogen (secondary N) is 1. The lowest BCUT2D eigenvalue weighted by molar-refractivity contribution is -0.135. The van der Waals surface area contributed by atoms with Gasteiger partial charge >= 0.3 is 0 Å². The first kappa shape index (κ1) is 14.9. The number of nitrogens with zero attached hydrogens (tertiary/aromatic N) is 1. The maximum Gasteiger partial charge on any atom is 0.227 e. The molecule has 0 atom stereocenters. The maximum atomic E-state index is 13.1. The molecule has 118 valence electrons. The van der Waals surface area contributed by atoms with Gasteiger partial charge in [-0.3, -0.25) is 9.59 Å². The minimum absolute atomic E-state index is 0.124. The Bertz CT molecular complexity index is 574. The molecule has 0 unspecified atom stereocenters. The molecule has 0 radical (unpaired) electrons. The number of carbonyl (C=O) groups is 2. The summed E-state index contributed by atoms with van der Waals surface area (Å²) in [6.45, 7) is 1.15. The van der Waals surface area contributed by atoms with E-state index in [9.17, 15) is 18.4 Å². The average molecular weight is 308 g/mol. The van der Waals surface area contributed by atoms with Crippen molar-refractivity contribution in [1.82, 2.24) is 4.90 Å². The number of rotatable bonds is 3. The Morgan fingerprint density at radius 2 is 1.55 bits per heavy atom. The van der Waals surface area contributed by atoms with Crippen molar-refractivity contribution in [2.45, 2.75) is 25.7 Å². The number of piperidine rings is 1. The van der Waals surface area contributed by atoms with Crippen LogP contribution >= 0.6 is 0 Å². The molecule has 0 aromatic heterocycles. The number of hydrogen-bond acceptors (Lipinski definition) is 2. The summed E-state index contributed by atoms with van der Waals surface area (Å²) in [5, 5.41) is 2.55. The molecule has 22 heavy (non-hydrogen) atoms. The van der Waals surface area contributed by atoms with Crippen molar-refractivity contribution in [2.75, 3.05) is 18.4 Å². The number of anilines is 1. The van der Waals surface area contributed by atoms with Crippen LogP contribution in [0.5, 0.6) is 0 Å². The minimum Gasteiger partial charge on any atom is -0.342 e. The molecular formula is C16H18F2N2O2. The molecule has 1 aliphatic heterocycles. The van der Waals surface area contributed by atoms with E-state index in [0.717, 1.165) is 31.0 Å². The van der Waals surface area contributed by atoms with E-state index in [4.69, 9.17) is 0 Å². The molecule has 6 heteroatoms. The van der Waals surface area contributed by atoms with E-state index in [0.29, 0.717) is 25.9 Å². The molecule has 1 aromatic rings. The van der Waals surface area contributed by atoms with Crippen molar-refractivity contribution in [2.24, 2.45) is 11.8 Å². The molecule has 4 nitrogen and oxygen atoms in total. The van der Waals surface area contributed by atoms with Crippen LogP contribution in [0.1, 0.15) is 25.7 Å². The summed E-state index contributed by atoms with van der Waals surface area (Å²) in [5.41, 5.74) is 0.124. The first-order chi connectivity index (χ1) is 10.5. The second kappa shape index (κ2) is 6.02. The van der Waals surface area contributed by atoms with Gasteiger partial charge in [-0.1, -0.05) is 0 Å². The number of likely N-dealkylation sites (tertiary alicyclic amines) is 1. The van der Waals surface area contributed by atoms with Gasteiger partial charge < -0.3 is 10.2 Å². The Kier molecular flexibility index (Phi) is 4.09. The Morgan fingerprint density at radius 1 is 0.955 bits per heavy atom. The van der Waals surface area contributed by atoms with Gasteiger partial charge in [0.05, 0.1) is 0 Å². The van der Waals surface area contributed by atoms with Gasteiger partial charge in [0.2, 0.25) is 11.8 Å². The maximum absolute atomic E-state index is 13.1. The van der Waals surface area contributed by atoms with Crippen LogP contribution in [0.15, 0.2) is 18.2 Å². The molecule has 1 heterocycles. The van der Waals surface area contributed by atoms with Gasteiger partial charge in [-0.15, -0.1) is 0 Å². The van der Waals surface area contributed by atoms with Crippen molar-refractivity contribution in [3.8, 4) is 0 Å². The average Bonchev–Trinajstić information content (AvgIpc) is 3.30. The molecule has 2 fully saturated rings. The van der Waals surface area contributed by atoms with Gasteiger partial charge in [0.15, 0.2) is 0 Å². The molecule has 3 rings (SSSR count). The predicted octanol–water partition coefficient (Wildman–Crippen LogP) is 2.55. The smallest absolute Gasteiger partial charge is 0.227 e. The fourth-order valence-corrected chi connectivity index (χ4v) is 2.82. The van der Waals surface area contributed by atoms with Crippen LogP contribution in [-0.4, -0.2) is 29.8 Å². The van der Waals surface area contributed by atoms with Crippen LogP contribution in [0.25, 0.3) is 0 Å². The van der Waals surface area contributed by atoms with E-state index in [1.165, 1.54) is 0 Å². The highest BCUT2D eigenvalue weighted by molar-refractivity contribution is 5.92. The highest BCUT2D eigenvalue weighted by atomic mass is 19.1. The van der Waals surface area contributed by atoms with Gasteiger partial charge in [0, 0.05) is 36.7 Å². The van der Waals surface area contributed by atoms with Crippen LogP contribution in [0.4, 0.5) is 14.5 Å².